The zero-order valence-electron chi connectivity index (χ0n) is 18.1. The van der Waals surface area contributed by atoms with Gasteiger partial charge < -0.3 is 25.0 Å². The van der Waals surface area contributed by atoms with E-state index in [0.717, 1.165) is 50.0 Å². The van der Waals surface area contributed by atoms with Crippen LogP contribution in [0.3, 0.4) is 0 Å². The van der Waals surface area contributed by atoms with E-state index >= 15 is 0 Å². The number of anilines is 1. The lowest BCUT2D eigenvalue weighted by atomic mass is 9.98. The molecule has 0 spiro atoms. The van der Waals surface area contributed by atoms with Gasteiger partial charge in [-0.15, -0.1) is 24.0 Å². The van der Waals surface area contributed by atoms with Crippen molar-refractivity contribution >= 4 is 35.6 Å². The van der Waals surface area contributed by atoms with Crippen LogP contribution in [0.25, 0.3) is 0 Å². The normalized spacial score (nSPS) is 16.2. The van der Waals surface area contributed by atoms with E-state index in [1.54, 1.807) is 14.2 Å². The predicted molar refractivity (Wildman–Crippen MR) is 134 cm³/mol. The summed E-state index contributed by atoms with van der Waals surface area (Å²) in [6.45, 7) is 4.26. The fraction of sp³-hybridized carbons (Fsp3) is 0.435. The van der Waals surface area contributed by atoms with Gasteiger partial charge in [0, 0.05) is 51.9 Å². The van der Waals surface area contributed by atoms with Crippen molar-refractivity contribution in [2.75, 3.05) is 52.8 Å². The Bertz CT molecular complexity index is 781. The number of aliphatic imine (C=N–C) groups is 1. The highest BCUT2D eigenvalue weighted by atomic mass is 127. The van der Waals surface area contributed by atoms with E-state index in [1.165, 1.54) is 11.1 Å². The maximum atomic E-state index is 5.27. The van der Waals surface area contributed by atoms with Crippen LogP contribution in [0.1, 0.15) is 23.5 Å². The van der Waals surface area contributed by atoms with Gasteiger partial charge in [-0.25, -0.2) is 0 Å². The van der Waals surface area contributed by atoms with Gasteiger partial charge in [0.05, 0.1) is 13.7 Å². The third-order valence-electron chi connectivity index (χ3n) is 5.33. The lowest BCUT2D eigenvalue weighted by molar-refractivity contribution is 0.211. The third-order valence-corrected chi connectivity index (χ3v) is 5.33. The molecule has 0 aliphatic carbocycles. The first-order valence-corrected chi connectivity index (χ1v) is 10.1. The molecule has 3 rings (SSSR count). The van der Waals surface area contributed by atoms with Crippen molar-refractivity contribution in [1.29, 1.82) is 0 Å². The van der Waals surface area contributed by atoms with Crippen LogP contribution in [-0.4, -0.2) is 58.4 Å². The number of likely N-dealkylation sites (tertiary alicyclic amines) is 1. The second-order valence-corrected chi connectivity index (χ2v) is 7.22. The van der Waals surface area contributed by atoms with Crippen molar-refractivity contribution in [2.45, 2.75) is 18.9 Å². The smallest absolute Gasteiger partial charge is 0.193 e. The van der Waals surface area contributed by atoms with Crippen LogP contribution in [0, 0.1) is 0 Å². The summed E-state index contributed by atoms with van der Waals surface area (Å²) in [5.41, 5.74) is 3.70. The minimum Gasteiger partial charge on any atom is -0.497 e. The standard InChI is InChI=1S/C23H32N4O2.HI/c1-24-23(26-16-18-4-8-21(9-5-18)25-13-15-28-2)27-14-12-20(17-27)19-6-10-22(29-3)11-7-19;/h4-11,20,25H,12-17H2,1-3H3,(H,24,26);1H. The Balaban J connectivity index is 0.00000320. The number of rotatable bonds is 8. The lowest BCUT2D eigenvalue weighted by Gasteiger charge is -2.22. The zero-order valence-corrected chi connectivity index (χ0v) is 20.4. The first kappa shape index (κ1) is 24.3. The van der Waals surface area contributed by atoms with Crippen molar-refractivity contribution < 1.29 is 9.47 Å². The van der Waals surface area contributed by atoms with Gasteiger partial charge in [-0.05, 0) is 41.8 Å². The number of ether oxygens (including phenoxy) is 2. The molecule has 1 heterocycles. The molecule has 2 N–H and O–H groups in total. The number of methoxy groups -OCH3 is 2. The average Bonchev–Trinajstić information content (AvgIpc) is 3.25. The molecule has 1 aliphatic rings. The fourth-order valence-corrected chi connectivity index (χ4v) is 3.65. The van der Waals surface area contributed by atoms with E-state index in [-0.39, 0.29) is 24.0 Å². The summed E-state index contributed by atoms with van der Waals surface area (Å²) in [7, 11) is 5.27. The second kappa shape index (κ2) is 12.6. The molecular weight excluding hydrogens is 491 g/mol. The first-order chi connectivity index (χ1) is 14.2. The van der Waals surface area contributed by atoms with Crippen molar-refractivity contribution in [3.63, 3.8) is 0 Å². The molecule has 1 saturated heterocycles. The Morgan fingerprint density at radius 2 is 1.83 bits per heavy atom. The zero-order chi connectivity index (χ0) is 20.5. The molecule has 0 bridgehead atoms. The van der Waals surface area contributed by atoms with Gasteiger partial charge in [-0.1, -0.05) is 24.3 Å². The molecule has 164 valence electrons. The van der Waals surface area contributed by atoms with E-state index in [9.17, 15) is 0 Å². The van der Waals surface area contributed by atoms with Gasteiger partial charge in [-0.2, -0.15) is 0 Å². The topological polar surface area (TPSA) is 58.1 Å². The number of halogens is 1. The Morgan fingerprint density at radius 3 is 2.47 bits per heavy atom. The summed E-state index contributed by atoms with van der Waals surface area (Å²) in [5, 5.41) is 6.84. The minimum absolute atomic E-state index is 0. The molecule has 1 fully saturated rings. The van der Waals surface area contributed by atoms with E-state index in [0.29, 0.717) is 12.5 Å². The Morgan fingerprint density at radius 1 is 1.10 bits per heavy atom. The van der Waals surface area contributed by atoms with Crippen LogP contribution < -0.4 is 15.4 Å². The molecule has 0 aromatic heterocycles. The van der Waals surface area contributed by atoms with Crippen LogP contribution >= 0.6 is 24.0 Å². The molecule has 1 atom stereocenters. The largest absolute Gasteiger partial charge is 0.497 e. The van der Waals surface area contributed by atoms with Crippen LogP contribution in [0.2, 0.25) is 0 Å². The molecule has 2 aromatic carbocycles. The Kier molecular flexibility index (Phi) is 10.2. The average molecular weight is 524 g/mol. The summed E-state index contributed by atoms with van der Waals surface area (Å²) >= 11 is 0. The number of hydrogen-bond acceptors (Lipinski definition) is 4. The molecule has 2 aromatic rings. The number of guanidine groups is 1. The van der Waals surface area contributed by atoms with Crippen LogP contribution in [-0.2, 0) is 11.3 Å². The van der Waals surface area contributed by atoms with Gasteiger partial charge in [0.25, 0.3) is 0 Å². The van der Waals surface area contributed by atoms with Crippen molar-refractivity contribution in [3.8, 4) is 5.75 Å². The molecule has 0 amide bonds. The van der Waals surface area contributed by atoms with Gasteiger partial charge in [0.2, 0.25) is 0 Å². The summed E-state index contributed by atoms with van der Waals surface area (Å²) in [6.07, 6.45) is 1.13. The second-order valence-electron chi connectivity index (χ2n) is 7.22. The van der Waals surface area contributed by atoms with E-state index in [2.05, 4.69) is 56.9 Å². The summed E-state index contributed by atoms with van der Waals surface area (Å²) in [6, 6.07) is 16.9. The lowest BCUT2D eigenvalue weighted by Crippen LogP contribution is -2.39. The van der Waals surface area contributed by atoms with E-state index < -0.39 is 0 Å². The Labute approximate surface area is 197 Å². The van der Waals surface area contributed by atoms with Crippen molar-refractivity contribution in [2.24, 2.45) is 4.99 Å². The van der Waals surface area contributed by atoms with Gasteiger partial charge in [0.1, 0.15) is 5.75 Å². The SMILES string of the molecule is CN=C(NCc1ccc(NCCOC)cc1)N1CCC(c2ccc(OC)cc2)C1.I. The molecule has 7 heteroatoms. The van der Waals surface area contributed by atoms with Gasteiger partial charge >= 0.3 is 0 Å². The van der Waals surface area contributed by atoms with Crippen molar-refractivity contribution in [1.82, 2.24) is 10.2 Å². The highest BCUT2D eigenvalue weighted by Gasteiger charge is 2.26. The number of nitrogens with one attached hydrogen (secondary N) is 2. The summed E-state index contributed by atoms with van der Waals surface area (Å²) < 4.78 is 10.3. The highest BCUT2D eigenvalue weighted by molar-refractivity contribution is 14.0. The van der Waals surface area contributed by atoms with Gasteiger partial charge in [-0.3, -0.25) is 4.99 Å². The molecular formula is C23H33IN4O2. The van der Waals surface area contributed by atoms with Crippen LogP contribution in [0.15, 0.2) is 53.5 Å². The third kappa shape index (κ3) is 6.77. The molecule has 0 saturated carbocycles. The molecule has 1 unspecified atom stereocenters. The number of hydrogen-bond donors (Lipinski definition) is 2. The quantitative estimate of drug-likeness (QED) is 0.237. The fourth-order valence-electron chi connectivity index (χ4n) is 3.65. The highest BCUT2D eigenvalue weighted by Crippen LogP contribution is 2.28. The first-order valence-electron chi connectivity index (χ1n) is 10.1. The molecule has 0 radical (unpaired) electrons. The monoisotopic (exact) mass is 524 g/mol. The summed E-state index contributed by atoms with van der Waals surface area (Å²) in [5.74, 6) is 2.39. The number of nitrogens with zero attached hydrogens (tertiary/aromatic N) is 2. The molecule has 1 aliphatic heterocycles. The maximum absolute atomic E-state index is 5.27. The van der Waals surface area contributed by atoms with Crippen molar-refractivity contribution in [3.05, 3.63) is 59.7 Å². The molecule has 6 nitrogen and oxygen atoms in total. The number of benzene rings is 2. The van der Waals surface area contributed by atoms with E-state index in [4.69, 9.17) is 9.47 Å². The summed E-state index contributed by atoms with van der Waals surface area (Å²) in [4.78, 5) is 6.84. The van der Waals surface area contributed by atoms with Crippen LogP contribution in [0.5, 0.6) is 5.75 Å². The molecule has 30 heavy (non-hydrogen) atoms. The predicted octanol–water partition coefficient (Wildman–Crippen LogP) is 3.94. The minimum atomic E-state index is 0. The van der Waals surface area contributed by atoms with Crippen LogP contribution in [0.4, 0.5) is 5.69 Å². The maximum Gasteiger partial charge on any atom is 0.193 e. The van der Waals surface area contributed by atoms with E-state index in [1.807, 2.05) is 19.2 Å². The Hall–Kier alpha value is -2.00. The van der Waals surface area contributed by atoms with Gasteiger partial charge in [0.15, 0.2) is 5.96 Å².